The third-order valence-electron chi connectivity index (χ3n) is 5.67. The number of methoxy groups -OCH3 is 1. The molecule has 1 aromatic carbocycles. The Kier molecular flexibility index (Phi) is 10.9. The van der Waals surface area contributed by atoms with Crippen molar-refractivity contribution < 1.29 is 14.3 Å². The van der Waals surface area contributed by atoms with Crippen LogP contribution in [0.1, 0.15) is 30.4 Å². The summed E-state index contributed by atoms with van der Waals surface area (Å²) in [6.07, 6.45) is 2.76. The smallest absolute Gasteiger partial charge is 0.222 e. The molecule has 7 nitrogen and oxygen atoms in total. The fourth-order valence-corrected chi connectivity index (χ4v) is 4.02. The minimum absolute atomic E-state index is 0. The molecular weight excluding hydrogens is 495 g/mol. The van der Waals surface area contributed by atoms with E-state index < -0.39 is 0 Å². The zero-order valence-electron chi connectivity index (χ0n) is 18.1. The molecule has 2 aliphatic rings. The number of hydrogen-bond donors (Lipinski definition) is 1. The Morgan fingerprint density at radius 3 is 2.73 bits per heavy atom. The number of likely N-dealkylation sites (tertiary alicyclic amines) is 2. The van der Waals surface area contributed by atoms with Crippen LogP contribution < -0.4 is 5.32 Å². The van der Waals surface area contributed by atoms with Gasteiger partial charge < -0.3 is 24.6 Å². The molecule has 1 unspecified atom stereocenters. The van der Waals surface area contributed by atoms with E-state index in [-0.39, 0.29) is 29.9 Å². The molecule has 0 radical (unpaired) electrons. The second kappa shape index (κ2) is 13.1. The summed E-state index contributed by atoms with van der Waals surface area (Å²) in [4.78, 5) is 20.7. The van der Waals surface area contributed by atoms with E-state index in [2.05, 4.69) is 33.4 Å². The zero-order chi connectivity index (χ0) is 20.5. The topological polar surface area (TPSA) is 66.4 Å². The Balaban J connectivity index is 0.00000320. The van der Waals surface area contributed by atoms with Gasteiger partial charge in [-0.25, -0.2) is 0 Å². The van der Waals surface area contributed by atoms with E-state index in [9.17, 15) is 4.79 Å². The number of benzene rings is 1. The molecule has 0 bridgehead atoms. The molecule has 2 saturated heterocycles. The van der Waals surface area contributed by atoms with Crippen molar-refractivity contribution in [3.05, 3.63) is 35.4 Å². The summed E-state index contributed by atoms with van der Waals surface area (Å²) in [6.45, 7) is 6.26. The fourth-order valence-electron chi connectivity index (χ4n) is 4.02. The van der Waals surface area contributed by atoms with Gasteiger partial charge >= 0.3 is 0 Å². The van der Waals surface area contributed by atoms with Crippen LogP contribution >= 0.6 is 24.0 Å². The first-order valence-electron chi connectivity index (χ1n) is 10.6. The number of carbonyl (C=O) groups excluding carboxylic acids is 1. The molecular formula is C22H35IN4O3. The van der Waals surface area contributed by atoms with Crippen molar-refractivity contribution in [1.29, 1.82) is 0 Å². The van der Waals surface area contributed by atoms with Gasteiger partial charge in [-0.05, 0) is 24.0 Å². The first kappa shape index (κ1) is 24.9. The van der Waals surface area contributed by atoms with Gasteiger partial charge in [-0.15, -0.1) is 24.0 Å². The molecule has 1 atom stereocenters. The van der Waals surface area contributed by atoms with Crippen molar-refractivity contribution in [3.63, 3.8) is 0 Å². The largest absolute Gasteiger partial charge is 0.382 e. The lowest BCUT2D eigenvalue weighted by Gasteiger charge is -2.23. The molecule has 2 heterocycles. The zero-order valence-corrected chi connectivity index (χ0v) is 20.5. The highest BCUT2D eigenvalue weighted by Crippen LogP contribution is 2.19. The van der Waals surface area contributed by atoms with Crippen molar-refractivity contribution in [3.8, 4) is 0 Å². The minimum Gasteiger partial charge on any atom is -0.382 e. The highest BCUT2D eigenvalue weighted by Gasteiger charge is 2.25. The number of nitrogens with one attached hydrogen (secondary N) is 1. The Labute approximate surface area is 197 Å². The van der Waals surface area contributed by atoms with Gasteiger partial charge in [0.15, 0.2) is 5.96 Å². The van der Waals surface area contributed by atoms with Gasteiger partial charge in [-0.3, -0.25) is 9.79 Å². The lowest BCUT2D eigenvalue weighted by atomic mass is 10.1. The van der Waals surface area contributed by atoms with Crippen LogP contribution in [0.4, 0.5) is 0 Å². The predicted molar refractivity (Wildman–Crippen MR) is 129 cm³/mol. The summed E-state index contributed by atoms with van der Waals surface area (Å²) in [7, 11) is 3.52. The molecule has 0 spiro atoms. The van der Waals surface area contributed by atoms with E-state index in [1.807, 2.05) is 18.0 Å². The summed E-state index contributed by atoms with van der Waals surface area (Å²) < 4.78 is 10.7. The maximum atomic E-state index is 12.0. The summed E-state index contributed by atoms with van der Waals surface area (Å²) in [6, 6.07) is 8.35. The van der Waals surface area contributed by atoms with Crippen LogP contribution in [0.3, 0.4) is 0 Å². The van der Waals surface area contributed by atoms with E-state index >= 15 is 0 Å². The van der Waals surface area contributed by atoms with Crippen LogP contribution in [0, 0.1) is 5.92 Å². The van der Waals surface area contributed by atoms with Crippen LogP contribution in [0.15, 0.2) is 29.3 Å². The van der Waals surface area contributed by atoms with E-state index in [1.54, 1.807) is 7.11 Å². The lowest BCUT2D eigenvalue weighted by Crippen LogP contribution is -2.40. The highest BCUT2D eigenvalue weighted by atomic mass is 127. The molecule has 168 valence electrons. The molecule has 1 aromatic rings. The fraction of sp³-hybridized carbons (Fsp3) is 0.636. The normalized spacial score (nSPS) is 19.3. The number of aliphatic imine (C=N–C) groups is 1. The Bertz CT molecular complexity index is 701. The van der Waals surface area contributed by atoms with Gasteiger partial charge in [0.1, 0.15) is 0 Å². The number of guanidine groups is 1. The van der Waals surface area contributed by atoms with Crippen molar-refractivity contribution >= 4 is 35.8 Å². The summed E-state index contributed by atoms with van der Waals surface area (Å²) in [5, 5.41) is 3.51. The molecule has 0 aromatic heterocycles. The average molecular weight is 530 g/mol. The second-order valence-electron chi connectivity index (χ2n) is 7.76. The number of rotatable bonds is 9. The van der Waals surface area contributed by atoms with Gasteiger partial charge in [0, 0.05) is 59.2 Å². The third kappa shape index (κ3) is 7.09. The predicted octanol–water partition coefficient (Wildman–Crippen LogP) is 2.49. The van der Waals surface area contributed by atoms with Crippen LogP contribution in [0.2, 0.25) is 0 Å². The van der Waals surface area contributed by atoms with Crippen LogP contribution in [0.5, 0.6) is 0 Å². The van der Waals surface area contributed by atoms with E-state index in [0.29, 0.717) is 38.6 Å². The maximum absolute atomic E-state index is 12.0. The maximum Gasteiger partial charge on any atom is 0.222 e. The number of ether oxygens (including phenoxy) is 2. The number of carbonyl (C=O) groups is 1. The highest BCUT2D eigenvalue weighted by molar-refractivity contribution is 14.0. The molecule has 1 amide bonds. The number of amides is 1. The third-order valence-corrected chi connectivity index (χ3v) is 5.67. The summed E-state index contributed by atoms with van der Waals surface area (Å²) >= 11 is 0. The van der Waals surface area contributed by atoms with Gasteiger partial charge in [0.2, 0.25) is 5.91 Å². The van der Waals surface area contributed by atoms with Crippen LogP contribution in [-0.4, -0.2) is 75.3 Å². The Hall–Kier alpha value is -1.39. The van der Waals surface area contributed by atoms with E-state index in [1.165, 1.54) is 11.1 Å². The number of hydrogen-bond acceptors (Lipinski definition) is 4. The first-order chi connectivity index (χ1) is 14.2. The average Bonchev–Trinajstić information content (AvgIpc) is 3.36. The SMILES string of the molecule is CN=C(NCc1ccccc1CN1CCCC1=O)N1CCC(COCCOC)C1.I. The van der Waals surface area contributed by atoms with Gasteiger partial charge in [0.25, 0.3) is 0 Å². The lowest BCUT2D eigenvalue weighted by molar-refractivity contribution is -0.128. The standard InChI is InChI=1S/C22H34N4O3.HI/c1-23-22(26-11-9-18(15-26)17-29-13-12-28-2)24-14-19-6-3-4-7-20(19)16-25-10-5-8-21(25)27;/h3-4,6-7,18H,5,8-17H2,1-2H3,(H,23,24);1H. The van der Waals surface area contributed by atoms with Crippen LogP contribution in [0.25, 0.3) is 0 Å². The Morgan fingerprint density at radius 1 is 1.23 bits per heavy atom. The van der Waals surface area contributed by atoms with E-state index in [0.717, 1.165) is 45.0 Å². The van der Waals surface area contributed by atoms with Gasteiger partial charge in [-0.2, -0.15) is 0 Å². The van der Waals surface area contributed by atoms with Crippen molar-refractivity contribution in [2.75, 3.05) is 53.6 Å². The minimum atomic E-state index is 0. The molecule has 3 rings (SSSR count). The Morgan fingerprint density at radius 2 is 2.03 bits per heavy atom. The number of nitrogens with zero attached hydrogens (tertiary/aromatic N) is 3. The monoisotopic (exact) mass is 530 g/mol. The summed E-state index contributed by atoms with van der Waals surface area (Å²) in [5.41, 5.74) is 2.42. The molecule has 2 fully saturated rings. The quantitative estimate of drug-likeness (QED) is 0.230. The van der Waals surface area contributed by atoms with Crippen molar-refractivity contribution in [2.24, 2.45) is 10.9 Å². The van der Waals surface area contributed by atoms with Crippen molar-refractivity contribution in [2.45, 2.75) is 32.4 Å². The van der Waals surface area contributed by atoms with Gasteiger partial charge in [-0.1, -0.05) is 24.3 Å². The molecule has 0 aliphatic carbocycles. The second-order valence-corrected chi connectivity index (χ2v) is 7.76. The van der Waals surface area contributed by atoms with Crippen molar-refractivity contribution in [1.82, 2.24) is 15.1 Å². The molecule has 8 heteroatoms. The molecule has 30 heavy (non-hydrogen) atoms. The first-order valence-corrected chi connectivity index (χ1v) is 10.6. The molecule has 2 aliphatic heterocycles. The van der Waals surface area contributed by atoms with Crippen LogP contribution in [-0.2, 0) is 27.4 Å². The number of halogens is 1. The van der Waals surface area contributed by atoms with E-state index in [4.69, 9.17) is 9.47 Å². The summed E-state index contributed by atoms with van der Waals surface area (Å²) in [5.74, 6) is 1.72. The molecule has 0 saturated carbocycles. The molecule has 1 N–H and O–H groups in total. The van der Waals surface area contributed by atoms with Gasteiger partial charge in [0.05, 0.1) is 19.8 Å².